The number of benzene rings is 1. The van der Waals surface area contributed by atoms with Crippen molar-refractivity contribution in [2.75, 3.05) is 19.7 Å². The predicted octanol–water partition coefficient (Wildman–Crippen LogP) is 2.59. The molecule has 1 saturated heterocycles. The Morgan fingerprint density at radius 3 is 2.62 bits per heavy atom. The zero-order chi connectivity index (χ0) is 18.7. The molecule has 0 spiro atoms. The summed E-state index contributed by atoms with van der Waals surface area (Å²) in [7, 11) is 0. The number of nitrogens with zero attached hydrogens (tertiary/aromatic N) is 2. The van der Waals surface area contributed by atoms with Gasteiger partial charge in [-0.1, -0.05) is 30.3 Å². The Labute approximate surface area is 148 Å². The van der Waals surface area contributed by atoms with E-state index in [0.717, 1.165) is 5.56 Å². The topological polar surface area (TPSA) is 68.5 Å². The SMILES string of the molecule is N[C@@H]1CN(C(=O)c2ncccc2OCC(F)(F)F)C[C@H]1c1ccccc1. The van der Waals surface area contributed by atoms with Crippen LogP contribution in [0.5, 0.6) is 5.75 Å². The van der Waals surface area contributed by atoms with Crippen LogP contribution in [-0.4, -0.2) is 47.7 Å². The molecular formula is C18H18F3N3O2. The summed E-state index contributed by atoms with van der Waals surface area (Å²) in [6.07, 6.45) is -3.15. The number of halogens is 3. The van der Waals surface area contributed by atoms with Gasteiger partial charge in [-0.05, 0) is 17.7 Å². The molecule has 2 heterocycles. The van der Waals surface area contributed by atoms with Crippen molar-refractivity contribution in [2.24, 2.45) is 5.73 Å². The van der Waals surface area contributed by atoms with Gasteiger partial charge in [0.15, 0.2) is 18.1 Å². The van der Waals surface area contributed by atoms with E-state index in [9.17, 15) is 18.0 Å². The molecule has 0 unspecified atom stereocenters. The number of hydrogen-bond acceptors (Lipinski definition) is 4. The Kier molecular flexibility index (Phi) is 5.13. The van der Waals surface area contributed by atoms with Crippen LogP contribution in [-0.2, 0) is 0 Å². The molecule has 2 N–H and O–H groups in total. The van der Waals surface area contributed by atoms with Gasteiger partial charge in [-0.2, -0.15) is 13.2 Å². The number of alkyl halides is 3. The summed E-state index contributed by atoms with van der Waals surface area (Å²) in [5.41, 5.74) is 7.05. The molecule has 0 aliphatic carbocycles. The molecule has 5 nitrogen and oxygen atoms in total. The van der Waals surface area contributed by atoms with Crippen molar-refractivity contribution in [2.45, 2.75) is 18.1 Å². The van der Waals surface area contributed by atoms with Gasteiger partial charge in [0.05, 0.1) is 0 Å². The minimum absolute atomic E-state index is 0.0385. The highest BCUT2D eigenvalue weighted by molar-refractivity contribution is 5.95. The number of nitrogens with two attached hydrogens (primary N) is 1. The van der Waals surface area contributed by atoms with Gasteiger partial charge in [0, 0.05) is 31.2 Å². The molecule has 26 heavy (non-hydrogen) atoms. The van der Waals surface area contributed by atoms with E-state index in [1.54, 1.807) is 0 Å². The molecule has 1 aromatic carbocycles. The van der Waals surface area contributed by atoms with Crippen molar-refractivity contribution in [1.82, 2.24) is 9.88 Å². The van der Waals surface area contributed by atoms with E-state index in [-0.39, 0.29) is 23.4 Å². The van der Waals surface area contributed by atoms with Crippen LogP contribution in [0, 0.1) is 0 Å². The third-order valence-electron chi connectivity index (χ3n) is 4.24. The molecule has 0 saturated carbocycles. The molecule has 0 bridgehead atoms. The number of aromatic nitrogens is 1. The zero-order valence-corrected chi connectivity index (χ0v) is 13.8. The Morgan fingerprint density at radius 1 is 1.19 bits per heavy atom. The van der Waals surface area contributed by atoms with Crippen molar-refractivity contribution >= 4 is 5.91 Å². The lowest BCUT2D eigenvalue weighted by atomic mass is 9.95. The fraction of sp³-hybridized carbons (Fsp3) is 0.333. The van der Waals surface area contributed by atoms with E-state index in [0.29, 0.717) is 13.1 Å². The smallest absolute Gasteiger partial charge is 0.422 e. The predicted molar refractivity (Wildman–Crippen MR) is 88.8 cm³/mol. The monoisotopic (exact) mass is 365 g/mol. The number of rotatable bonds is 4. The first-order valence-electron chi connectivity index (χ1n) is 8.09. The van der Waals surface area contributed by atoms with Crippen molar-refractivity contribution in [3.63, 3.8) is 0 Å². The third kappa shape index (κ3) is 4.13. The first-order valence-corrected chi connectivity index (χ1v) is 8.09. The Morgan fingerprint density at radius 2 is 1.92 bits per heavy atom. The number of hydrogen-bond donors (Lipinski definition) is 1. The van der Waals surface area contributed by atoms with E-state index >= 15 is 0 Å². The van der Waals surface area contributed by atoms with Crippen LogP contribution in [0.15, 0.2) is 48.7 Å². The first kappa shape index (κ1) is 18.2. The molecule has 1 aliphatic heterocycles. The molecule has 1 aromatic heterocycles. The standard InChI is InChI=1S/C18H18F3N3O2/c19-18(20,21)11-26-15-7-4-8-23-16(15)17(25)24-9-13(14(22)10-24)12-5-2-1-3-6-12/h1-8,13-14H,9-11,22H2/t13-,14+/m0/s1. The molecular weight excluding hydrogens is 347 g/mol. The minimum atomic E-state index is -4.50. The molecule has 1 fully saturated rings. The number of ether oxygens (including phenoxy) is 1. The van der Waals surface area contributed by atoms with Crippen LogP contribution >= 0.6 is 0 Å². The lowest BCUT2D eigenvalue weighted by molar-refractivity contribution is -0.153. The van der Waals surface area contributed by atoms with Crippen molar-refractivity contribution < 1.29 is 22.7 Å². The average molecular weight is 365 g/mol. The van der Waals surface area contributed by atoms with Crippen LogP contribution in [0.2, 0.25) is 0 Å². The summed E-state index contributed by atoms with van der Waals surface area (Å²) in [5, 5.41) is 0. The maximum atomic E-state index is 12.8. The molecule has 138 valence electrons. The first-order chi connectivity index (χ1) is 12.3. The second-order valence-electron chi connectivity index (χ2n) is 6.15. The van der Waals surface area contributed by atoms with Gasteiger partial charge in [0.25, 0.3) is 5.91 Å². The van der Waals surface area contributed by atoms with Crippen LogP contribution in [0.1, 0.15) is 22.0 Å². The fourth-order valence-electron chi connectivity index (χ4n) is 3.02. The summed E-state index contributed by atoms with van der Waals surface area (Å²) in [6, 6.07) is 12.0. The van der Waals surface area contributed by atoms with Gasteiger partial charge in [-0.3, -0.25) is 4.79 Å². The highest BCUT2D eigenvalue weighted by Crippen LogP contribution is 2.29. The minimum Gasteiger partial charge on any atom is -0.482 e. The highest BCUT2D eigenvalue weighted by atomic mass is 19.4. The van der Waals surface area contributed by atoms with Crippen LogP contribution in [0.25, 0.3) is 0 Å². The Balaban J connectivity index is 1.76. The molecule has 1 aliphatic rings. The van der Waals surface area contributed by atoms with Crippen LogP contribution in [0.3, 0.4) is 0 Å². The number of amides is 1. The van der Waals surface area contributed by atoms with E-state index in [2.05, 4.69) is 4.98 Å². The molecule has 2 aromatic rings. The van der Waals surface area contributed by atoms with Crippen LogP contribution in [0.4, 0.5) is 13.2 Å². The van der Waals surface area contributed by atoms with Gasteiger partial charge in [0.1, 0.15) is 0 Å². The second kappa shape index (κ2) is 7.33. The summed E-state index contributed by atoms with van der Waals surface area (Å²) in [5.74, 6) is -0.716. The van der Waals surface area contributed by atoms with Gasteiger partial charge in [-0.25, -0.2) is 4.98 Å². The molecule has 8 heteroatoms. The molecule has 0 radical (unpaired) electrons. The van der Waals surface area contributed by atoms with Gasteiger partial charge < -0.3 is 15.4 Å². The third-order valence-corrected chi connectivity index (χ3v) is 4.24. The van der Waals surface area contributed by atoms with E-state index in [4.69, 9.17) is 10.5 Å². The number of likely N-dealkylation sites (tertiary alicyclic amines) is 1. The molecule has 1 amide bonds. The highest BCUT2D eigenvalue weighted by Gasteiger charge is 2.36. The van der Waals surface area contributed by atoms with E-state index in [1.807, 2.05) is 30.3 Å². The largest absolute Gasteiger partial charge is 0.482 e. The average Bonchev–Trinajstić information content (AvgIpc) is 3.01. The number of carbonyl (C=O) groups is 1. The Bertz CT molecular complexity index is 768. The lowest BCUT2D eigenvalue weighted by Crippen LogP contribution is -2.33. The zero-order valence-electron chi connectivity index (χ0n) is 13.8. The summed E-state index contributed by atoms with van der Waals surface area (Å²) in [4.78, 5) is 18.2. The van der Waals surface area contributed by atoms with Gasteiger partial charge >= 0.3 is 6.18 Å². The quantitative estimate of drug-likeness (QED) is 0.904. The normalized spacial score (nSPS) is 20.2. The van der Waals surface area contributed by atoms with E-state index < -0.39 is 18.7 Å². The summed E-state index contributed by atoms with van der Waals surface area (Å²) in [6.45, 7) is -0.807. The van der Waals surface area contributed by atoms with Crippen molar-refractivity contribution in [3.8, 4) is 5.75 Å². The Hall–Kier alpha value is -2.61. The van der Waals surface area contributed by atoms with Crippen molar-refractivity contribution in [1.29, 1.82) is 0 Å². The second-order valence-corrected chi connectivity index (χ2v) is 6.15. The summed E-state index contributed by atoms with van der Waals surface area (Å²) >= 11 is 0. The van der Waals surface area contributed by atoms with Crippen molar-refractivity contribution in [3.05, 3.63) is 59.9 Å². The lowest BCUT2D eigenvalue weighted by Gasteiger charge is -2.18. The fourth-order valence-corrected chi connectivity index (χ4v) is 3.02. The summed E-state index contributed by atoms with van der Waals surface area (Å²) < 4.78 is 42.0. The number of pyridine rings is 1. The molecule has 2 atom stereocenters. The maximum Gasteiger partial charge on any atom is 0.422 e. The maximum absolute atomic E-state index is 12.8. The number of carbonyl (C=O) groups excluding carboxylic acids is 1. The van der Waals surface area contributed by atoms with Gasteiger partial charge in [-0.15, -0.1) is 0 Å². The van der Waals surface area contributed by atoms with Crippen LogP contribution < -0.4 is 10.5 Å². The van der Waals surface area contributed by atoms with E-state index in [1.165, 1.54) is 23.2 Å². The molecule has 3 rings (SSSR count). The van der Waals surface area contributed by atoms with Gasteiger partial charge in [0.2, 0.25) is 0 Å².